The number of rotatable bonds is 3. The number of aryl methyl sites for hydroxylation is 4. The maximum atomic E-state index is 2.29. The Labute approximate surface area is 168 Å². The Kier molecular flexibility index (Phi) is 4.88. The average molecular weight is 363 g/mol. The summed E-state index contributed by atoms with van der Waals surface area (Å²) in [6.45, 7) is 8.79. The molecule has 0 nitrogen and oxygen atoms in total. The zero-order valence-electron chi connectivity index (χ0n) is 17.1. The Hall–Kier alpha value is -3.12. The van der Waals surface area contributed by atoms with Gasteiger partial charge in [0.2, 0.25) is 0 Å². The number of hydrogen-bond acceptors (Lipinski definition) is 0. The Balaban J connectivity index is 2.05. The molecular weight excluding hydrogens is 336 g/mol. The van der Waals surface area contributed by atoms with Gasteiger partial charge in [-0.25, -0.2) is 0 Å². The van der Waals surface area contributed by atoms with Gasteiger partial charge in [-0.3, -0.25) is 0 Å². The zero-order chi connectivity index (χ0) is 19.7. The van der Waals surface area contributed by atoms with Crippen LogP contribution in [-0.4, -0.2) is 0 Å². The molecule has 0 aromatic heterocycles. The summed E-state index contributed by atoms with van der Waals surface area (Å²) in [4.78, 5) is 0. The summed E-state index contributed by atoms with van der Waals surface area (Å²) in [7, 11) is 0. The van der Waals surface area contributed by atoms with Gasteiger partial charge in [0.15, 0.2) is 0 Å². The van der Waals surface area contributed by atoms with E-state index in [9.17, 15) is 0 Å². The Morgan fingerprint density at radius 2 is 1.00 bits per heavy atom. The lowest BCUT2D eigenvalue weighted by Gasteiger charge is -2.20. The van der Waals surface area contributed by atoms with Gasteiger partial charge in [0.05, 0.1) is 0 Å². The van der Waals surface area contributed by atoms with Crippen LogP contribution in [0.2, 0.25) is 0 Å². The van der Waals surface area contributed by atoms with Gasteiger partial charge < -0.3 is 0 Å². The standard InChI is InChI=1S/C28H26/c1-19-10-7-14-23(18-19)27-21(3)12-9-17-26(27)28-22(4)13-8-16-25(28)24-15-6-5-11-20(24)2/h5-18H,1-4H3. The highest BCUT2D eigenvalue weighted by atomic mass is 14.2. The molecule has 0 atom stereocenters. The highest BCUT2D eigenvalue weighted by Gasteiger charge is 2.17. The van der Waals surface area contributed by atoms with Crippen LogP contribution in [0.3, 0.4) is 0 Å². The quantitative estimate of drug-likeness (QED) is 0.347. The minimum atomic E-state index is 1.28. The van der Waals surface area contributed by atoms with Crippen LogP contribution in [0.1, 0.15) is 22.3 Å². The summed E-state index contributed by atoms with van der Waals surface area (Å²) in [5.41, 5.74) is 13.1. The third-order valence-corrected chi connectivity index (χ3v) is 5.56. The molecule has 0 saturated carbocycles. The van der Waals surface area contributed by atoms with Crippen LogP contribution in [0.25, 0.3) is 33.4 Å². The minimum Gasteiger partial charge on any atom is -0.0620 e. The normalized spacial score (nSPS) is 10.9. The molecule has 0 aliphatic carbocycles. The van der Waals surface area contributed by atoms with Gasteiger partial charge in [0.1, 0.15) is 0 Å². The van der Waals surface area contributed by atoms with Gasteiger partial charge in [-0.15, -0.1) is 0 Å². The summed E-state index contributed by atoms with van der Waals surface area (Å²) in [6.07, 6.45) is 0. The molecule has 0 heteroatoms. The predicted octanol–water partition coefficient (Wildman–Crippen LogP) is 7.92. The smallest absolute Gasteiger partial charge is 0.00697 e. The second-order valence-corrected chi connectivity index (χ2v) is 7.68. The van der Waals surface area contributed by atoms with E-state index in [2.05, 4.69) is 113 Å². The highest BCUT2D eigenvalue weighted by molar-refractivity contribution is 5.94. The van der Waals surface area contributed by atoms with E-state index in [1.807, 2.05) is 0 Å². The molecule has 0 radical (unpaired) electrons. The van der Waals surface area contributed by atoms with E-state index in [0.29, 0.717) is 0 Å². The summed E-state index contributed by atoms with van der Waals surface area (Å²) in [6, 6.07) is 30.8. The number of benzene rings is 4. The molecule has 4 aromatic rings. The lowest BCUT2D eigenvalue weighted by Crippen LogP contribution is -1.95. The SMILES string of the molecule is Cc1cccc(-c2c(C)cccc2-c2c(C)cccc2-c2ccccc2C)c1. The molecule has 0 unspecified atom stereocenters. The van der Waals surface area contributed by atoms with Crippen LogP contribution in [0.5, 0.6) is 0 Å². The van der Waals surface area contributed by atoms with Crippen molar-refractivity contribution >= 4 is 0 Å². The minimum absolute atomic E-state index is 1.28. The largest absolute Gasteiger partial charge is 0.0620 e. The third kappa shape index (κ3) is 3.27. The molecule has 0 heterocycles. The van der Waals surface area contributed by atoms with E-state index in [1.54, 1.807) is 0 Å². The molecule has 138 valence electrons. The van der Waals surface area contributed by atoms with Crippen molar-refractivity contribution < 1.29 is 0 Å². The van der Waals surface area contributed by atoms with E-state index < -0.39 is 0 Å². The average Bonchev–Trinajstić information content (AvgIpc) is 2.68. The molecule has 0 amide bonds. The fourth-order valence-corrected chi connectivity index (χ4v) is 4.18. The second-order valence-electron chi connectivity index (χ2n) is 7.68. The van der Waals surface area contributed by atoms with Crippen LogP contribution in [0.15, 0.2) is 84.9 Å². The van der Waals surface area contributed by atoms with Crippen molar-refractivity contribution in [1.29, 1.82) is 0 Å². The molecule has 0 bridgehead atoms. The first kappa shape index (κ1) is 18.3. The van der Waals surface area contributed by atoms with E-state index >= 15 is 0 Å². The second kappa shape index (κ2) is 7.48. The zero-order valence-corrected chi connectivity index (χ0v) is 17.1. The molecule has 0 saturated heterocycles. The Morgan fingerprint density at radius 1 is 0.429 bits per heavy atom. The lowest BCUT2D eigenvalue weighted by atomic mass is 9.84. The van der Waals surface area contributed by atoms with Crippen molar-refractivity contribution in [3.8, 4) is 33.4 Å². The van der Waals surface area contributed by atoms with Crippen molar-refractivity contribution in [1.82, 2.24) is 0 Å². The van der Waals surface area contributed by atoms with Gasteiger partial charge in [0.25, 0.3) is 0 Å². The van der Waals surface area contributed by atoms with Crippen molar-refractivity contribution in [3.63, 3.8) is 0 Å². The van der Waals surface area contributed by atoms with E-state index in [-0.39, 0.29) is 0 Å². The third-order valence-electron chi connectivity index (χ3n) is 5.56. The van der Waals surface area contributed by atoms with E-state index in [0.717, 1.165) is 0 Å². The maximum Gasteiger partial charge on any atom is -0.00697 e. The van der Waals surface area contributed by atoms with Crippen LogP contribution in [0, 0.1) is 27.7 Å². The molecule has 0 spiro atoms. The van der Waals surface area contributed by atoms with Gasteiger partial charge in [-0.1, -0.05) is 90.5 Å². The molecule has 0 N–H and O–H groups in total. The van der Waals surface area contributed by atoms with Crippen molar-refractivity contribution in [3.05, 3.63) is 107 Å². The Morgan fingerprint density at radius 3 is 1.71 bits per heavy atom. The maximum absolute atomic E-state index is 2.29. The van der Waals surface area contributed by atoms with Crippen molar-refractivity contribution in [2.75, 3.05) is 0 Å². The van der Waals surface area contributed by atoms with Gasteiger partial charge in [0, 0.05) is 0 Å². The first-order valence-corrected chi connectivity index (χ1v) is 9.89. The summed E-state index contributed by atoms with van der Waals surface area (Å²) in [5, 5.41) is 0. The fourth-order valence-electron chi connectivity index (χ4n) is 4.18. The lowest BCUT2D eigenvalue weighted by molar-refractivity contribution is 1.39. The van der Waals surface area contributed by atoms with Crippen LogP contribution in [0.4, 0.5) is 0 Å². The predicted molar refractivity (Wildman–Crippen MR) is 122 cm³/mol. The van der Waals surface area contributed by atoms with Crippen LogP contribution >= 0.6 is 0 Å². The molecule has 0 aliphatic heterocycles. The van der Waals surface area contributed by atoms with Crippen LogP contribution in [-0.2, 0) is 0 Å². The Bertz CT molecular complexity index is 1150. The molecule has 0 aliphatic rings. The van der Waals surface area contributed by atoms with E-state index in [1.165, 1.54) is 55.6 Å². The first-order chi connectivity index (χ1) is 13.6. The van der Waals surface area contributed by atoms with Crippen molar-refractivity contribution in [2.45, 2.75) is 27.7 Å². The molecule has 28 heavy (non-hydrogen) atoms. The monoisotopic (exact) mass is 362 g/mol. The van der Waals surface area contributed by atoms with Crippen LogP contribution < -0.4 is 0 Å². The molecule has 4 rings (SSSR count). The number of hydrogen-bond donors (Lipinski definition) is 0. The topological polar surface area (TPSA) is 0 Å². The summed E-state index contributed by atoms with van der Waals surface area (Å²) < 4.78 is 0. The summed E-state index contributed by atoms with van der Waals surface area (Å²) in [5.74, 6) is 0. The summed E-state index contributed by atoms with van der Waals surface area (Å²) >= 11 is 0. The fraction of sp³-hybridized carbons (Fsp3) is 0.143. The highest BCUT2D eigenvalue weighted by Crippen LogP contribution is 2.42. The van der Waals surface area contributed by atoms with Gasteiger partial charge in [-0.05, 0) is 77.8 Å². The van der Waals surface area contributed by atoms with Gasteiger partial charge >= 0.3 is 0 Å². The molecule has 4 aromatic carbocycles. The van der Waals surface area contributed by atoms with Gasteiger partial charge in [-0.2, -0.15) is 0 Å². The van der Waals surface area contributed by atoms with Crippen molar-refractivity contribution in [2.24, 2.45) is 0 Å². The first-order valence-electron chi connectivity index (χ1n) is 9.89. The molecule has 0 fully saturated rings. The van der Waals surface area contributed by atoms with E-state index in [4.69, 9.17) is 0 Å². The molecular formula is C28H26.